The second-order valence-electron chi connectivity index (χ2n) is 5.57. The average molecular weight is 282 g/mol. The zero-order chi connectivity index (χ0) is 14.9. The van der Waals surface area contributed by atoms with Crippen molar-refractivity contribution in [2.24, 2.45) is 0 Å². The van der Waals surface area contributed by atoms with E-state index in [0.717, 1.165) is 6.42 Å². The van der Waals surface area contributed by atoms with E-state index >= 15 is 0 Å². The summed E-state index contributed by atoms with van der Waals surface area (Å²) in [6.45, 7) is 4.32. The summed E-state index contributed by atoms with van der Waals surface area (Å²) in [4.78, 5) is 10.5. The highest BCUT2D eigenvalue weighted by Gasteiger charge is 1.93. The van der Waals surface area contributed by atoms with Crippen LogP contribution in [-0.2, 0) is 9.53 Å². The van der Waals surface area contributed by atoms with Crippen LogP contribution in [0.5, 0.6) is 0 Å². The van der Waals surface area contributed by atoms with E-state index in [1.54, 1.807) is 0 Å². The van der Waals surface area contributed by atoms with Crippen molar-refractivity contribution in [3.05, 3.63) is 12.2 Å². The average Bonchev–Trinajstić information content (AvgIpc) is 2.43. The van der Waals surface area contributed by atoms with Gasteiger partial charge in [-0.3, -0.25) is 4.79 Å². The van der Waals surface area contributed by atoms with Gasteiger partial charge in [-0.2, -0.15) is 0 Å². The Bertz CT molecular complexity index is 234. The molecule has 0 amide bonds. The summed E-state index contributed by atoms with van der Waals surface area (Å²) in [5, 5.41) is 0. The van der Waals surface area contributed by atoms with E-state index in [1.807, 2.05) is 0 Å². The van der Waals surface area contributed by atoms with Crippen LogP contribution in [-0.4, -0.2) is 12.6 Å². The van der Waals surface area contributed by atoms with E-state index in [1.165, 1.54) is 77.6 Å². The lowest BCUT2D eigenvalue weighted by Gasteiger charge is -2.01. The molecule has 2 nitrogen and oxygen atoms in total. The smallest absolute Gasteiger partial charge is 0.302 e. The van der Waals surface area contributed by atoms with Crippen LogP contribution in [0.25, 0.3) is 0 Å². The van der Waals surface area contributed by atoms with Crippen molar-refractivity contribution in [3.8, 4) is 0 Å². The molecule has 0 aliphatic rings. The third kappa shape index (κ3) is 17.2. The number of carbonyl (C=O) groups is 1. The topological polar surface area (TPSA) is 26.3 Å². The van der Waals surface area contributed by atoms with Gasteiger partial charge in [0.05, 0.1) is 6.61 Å². The third-order valence-corrected chi connectivity index (χ3v) is 3.46. The van der Waals surface area contributed by atoms with E-state index in [4.69, 9.17) is 4.74 Å². The van der Waals surface area contributed by atoms with Gasteiger partial charge < -0.3 is 4.74 Å². The number of rotatable bonds is 14. The Labute approximate surface area is 126 Å². The molecule has 2 heteroatoms. The van der Waals surface area contributed by atoms with Crippen molar-refractivity contribution >= 4 is 5.97 Å². The number of allylic oxidation sites excluding steroid dienone is 2. The molecule has 0 unspecified atom stereocenters. The summed E-state index contributed by atoms with van der Waals surface area (Å²) in [6.07, 6.45) is 20.1. The van der Waals surface area contributed by atoms with Gasteiger partial charge in [-0.1, -0.05) is 64.0 Å². The van der Waals surface area contributed by atoms with Crippen molar-refractivity contribution in [3.63, 3.8) is 0 Å². The van der Waals surface area contributed by atoms with Gasteiger partial charge in [-0.25, -0.2) is 0 Å². The molecule has 0 saturated heterocycles. The molecule has 0 bridgehead atoms. The van der Waals surface area contributed by atoms with Gasteiger partial charge in [0, 0.05) is 6.92 Å². The minimum atomic E-state index is -0.162. The van der Waals surface area contributed by atoms with Crippen molar-refractivity contribution in [2.75, 3.05) is 6.61 Å². The van der Waals surface area contributed by atoms with Crippen LogP contribution in [0.3, 0.4) is 0 Å². The summed E-state index contributed by atoms with van der Waals surface area (Å²) in [5.41, 5.74) is 0. The van der Waals surface area contributed by atoms with E-state index in [0.29, 0.717) is 6.61 Å². The maximum atomic E-state index is 10.5. The summed E-state index contributed by atoms with van der Waals surface area (Å²) in [6, 6.07) is 0. The van der Waals surface area contributed by atoms with E-state index in [2.05, 4.69) is 19.1 Å². The number of unbranched alkanes of at least 4 members (excludes halogenated alkanes) is 10. The van der Waals surface area contributed by atoms with Crippen LogP contribution in [0.2, 0.25) is 0 Å². The first kappa shape index (κ1) is 19.2. The minimum absolute atomic E-state index is 0.162. The molecule has 20 heavy (non-hydrogen) atoms. The molecule has 0 aliphatic heterocycles. The SMILES string of the molecule is CCCCCCCC=CCCCCCCCOC(C)=O. The Morgan fingerprint density at radius 2 is 1.30 bits per heavy atom. The number of esters is 1. The van der Waals surface area contributed by atoms with Crippen LogP contribution >= 0.6 is 0 Å². The predicted molar refractivity (Wildman–Crippen MR) is 86.9 cm³/mol. The van der Waals surface area contributed by atoms with Crippen LogP contribution in [0.1, 0.15) is 90.9 Å². The Kier molecular flexibility index (Phi) is 15.6. The minimum Gasteiger partial charge on any atom is -0.466 e. The maximum absolute atomic E-state index is 10.5. The number of ether oxygens (including phenoxy) is 1. The molecule has 0 saturated carbocycles. The van der Waals surface area contributed by atoms with Crippen molar-refractivity contribution in [1.29, 1.82) is 0 Å². The molecule has 0 radical (unpaired) electrons. The lowest BCUT2D eigenvalue weighted by Crippen LogP contribution is -1.99. The molecule has 0 fully saturated rings. The Morgan fingerprint density at radius 1 is 0.800 bits per heavy atom. The van der Waals surface area contributed by atoms with Crippen molar-refractivity contribution in [1.82, 2.24) is 0 Å². The fourth-order valence-corrected chi connectivity index (χ4v) is 2.21. The number of hydrogen-bond acceptors (Lipinski definition) is 2. The summed E-state index contributed by atoms with van der Waals surface area (Å²) < 4.78 is 4.90. The molecule has 0 rings (SSSR count). The van der Waals surface area contributed by atoms with Gasteiger partial charge in [-0.05, 0) is 32.1 Å². The number of hydrogen-bond donors (Lipinski definition) is 0. The quantitative estimate of drug-likeness (QED) is 0.228. The molecule has 0 heterocycles. The molecular formula is C18H34O2. The van der Waals surface area contributed by atoms with E-state index < -0.39 is 0 Å². The van der Waals surface area contributed by atoms with E-state index in [-0.39, 0.29) is 5.97 Å². The molecule has 0 aromatic heterocycles. The number of carbonyl (C=O) groups excluding carboxylic acids is 1. The lowest BCUT2D eigenvalue weighted by atomic mass is 10.1. The van der Waals surface area contributed by atoms with Gasteiger partial charge >= 0.3 is 5.97 Å². The molecule has 0 aromatic rings. The highest BCUT2D eigenvalue weighted by molar-refractivity contribution is 5.65. The van der Waals surface area contributed by atoms with Crippen LogP contribution < -0.4 is 0 Å². The third-order valence-electron chi connectivity index (χ3n) is 3.46. The molecule has 0 aliphatic carbocycles. The summed E-state index contributed by atoms with van der Waals surface area (Å²) in [7, 11) is 0. The molecule has 118 valence electrons. The van der Waals surface area contributed by atoms with Gasteiger partial charge in [0.25, 0.3) is 0 Å². The van der Waals surface area contributed by atoms with Crippen LogP contribution in [0.15, 0.2) is 12.2 Å². The lowest BCUT2D eigenvalue weighted by molar-refractivity contribution is -0.141. The first-order valence-electron chi connectivity index (χ1n) is 8.55. The molecule has 0 spiro atoms. The van der Waals surface area contributed by atoms with E-state index in [9.17, 15) is 4.79 Å². The summed E-state index contributed by atoms with van der Waals surface area (Å²) in [5.74, 6) is -0.162. The Morgan fingerprint density at radius 3 is 1.85 bits per heavy atom. The molecular weight excluding hydrogens is 248 g/mol. The zero-order valence-electron chi connectivity index (χ0n) is 13.7. The monoisotopic (exact) mass is 282 g/mol. The maximum Gasteiger partial charge on any atom is 0.302 e. The first-order valence-corrected chi connectivity index (χ1v) is 8.55. The highest BCUT2D eigenvalue weighted by atomic mass is 16.5. The second kappa shape index (κ2) is 16.3. The molecule has 0 atom stereocenters. The van der Waals surface area contributed by atoms with Gasteiger partial charge in [-0.15, -0.1) is 0 Å². The molecule has 0 N–H and O–H groups in total. The first-order chi connectivity index (χ1) is 9.77. The summed E-state index contributed by atoms with van der Waals surface area (Å²) >= 11 is 0. The van der Waals surface area contributed by atoms with Crippen molar-refractivity contribution in [2.45, 2.75) is 90.9 Å². The largest absolute Gasteiger partial charge is 0.466 e. The Hall–Kier alpha value is -0.790. The molecule has 0 aromatic carbocycles. The van der Waals surface area contributed by atoms with Gasteiger partial charge in [0.1, 0.15) is 0 Å². The highest BCUT2D eigenvalue weighted by Crippen LogP contribution is 2.08. The normalized spacial score (nSPS) is 11.1. The van der Waals surface area contributed by atoms with Crippen molar-refractivity contribution < 1.29 is 9.53 Å². The fraction of sp³-hybridized carbons (Fsp3) is 0.833. The second-order valence-corrected chi connectivity index (χ2v) is 5.57. The van der Waals surface area contributed by atoms with Gasteiger partial charge in [0.15, 0.2) is 0 Å². The fourth-order valence-electron chi connectivity index (χ4n) is 2.21. The van der Waals surface area contributed by atoms with Gasteiger partial charge in [0.2, 0.25) is 0 Å². The standard InChI is InChI=1S/C18H34O2/c1-3-4-5-6-7-8-9-10-11-12-13-14-15-16-17-20-18(2)19/h9-10H,3-8,11-17H2,1-2H3. The predicted octanol–water partition coefficient (Wildman–Crippen LogP) is 5.81. The van der Waals surface area contributed by atoms with Crippen LogP contribution in [0.4, 0.5) is 0 Å². The Balaban J connectivity index is 3.06. The zero-order valence-corrected chi connectivity index (χ0v) is 13.7. The van der Waals surface area contributed by atoms with Crippen LogP contribution in [0, 0.1) is 0 Å².